The fraction of sp³-hybridized carbons (Fsp3) is 0.579. The van der Waals surface area contributed by atoms with Gasteiger partial charge in [0.2, 0.25) is 0 Å². The van der Waals surface area contributed by atoms with Crippen LogP contribution in [0.5, 0.6) is 0 Å². The van der Waals surface area contributed by atoms with E-state index in [1.807, 2.05) is 45.0 Å². The van der Waals surface area contributed by atoms with Crippen LogP contribution in [0.1, 0.15) is 27.7 Å². The van der Waals surface area contributed by atoms with Crippen LogP contribution < -0.4 is 10.2 Å². The average molecular weight is 361 g/mol. The molecule has 1 aromatic rings. The molecule has 1 aromatic carbocycles. The van der Waals surface area contributed by atoms with Gasteiger partial charge in [0.15, 0.2) is 0 Å². The van der Waals surface area contributed by atoms with Crippen molar-refractivity contribution in [3.63, 3.8) is 0 Å². The van der Waals surface area contributed by atoms with Crippen molar-refractivity contribution >= 4 is 23.6 Å². The van der Waals surface area contributed by atoms with E-state index in [0.29, 0.717) is 32.2 Å². The molecule has 2 aliphatic rings. The fourth-order valence-electron chi connectivity index (χ4n) is 3.08. The molecule has 2 fully saturated rings. The Labute approximate surface area is 154 Å². The molecule has 2 amide bonds. The van der Waals surface area contributed by atoms with Crippen molar-refractivity contribution in [2.75, 3.05) is 36.5 Å². The van der Waals surface area contributed by atoms with E-state index in [1.165, 1.54) is 0 Å². The summed E-state index contributed by atoms with van der Waals surface area (Å²) in [5, 5.41) is 3.47. The monoisotopic (exact) mass is 361 g/mol. The summed E-state index contributed by atoms with van der Waals surface area (Å²) in [6, 6.07) is 7.95. The Balaban J connectivity index is 1.52. The summed E-state index contributed by atoms with van der Waals surface area (Å²) in [5.41, 5.74) is 1.31. The van der Waals surface area contributed by atoms with E-state index >= 15 is 0 Å². The topological polar surface area (TPSA) is 71.1 Å². The third kappa shape index (κ3) is 4.20. The van der Waals surface area contributed by atoms with Crippen LogP contribution in [0.4, 0.5) is 21.0 Å². The van der Waals surface area contributed by atoms with E-state index in [0.717, 1.165) is 11.4 Å². The van der Waals surface area contributed by atoms with Crippen LogP contribution in [0, 0.1) is 5.92 Å². The maximum Gasteiger partial charge on any atom is 0.414 e. The number of anilines is 2. The van der Waals surface area contributed by atoms with E-state index in [9.17, 15) is 9.59 Å². The second kappa shape index (κ2) is 7.05. The maximum absolute atomic E-state index is 12.0. The predicted molar refractivity (Wildman–Crippen MR) is 99.5 cm³/mol. The second-order valence-corrected chi connectivity index (χ2v) is 7.89. The van der Waals surface area contributed by atoms with Crippen molar-refractivity contribution in [1.82, 2.24) is 4.90 Å². The number of cyclic esters (lactones) is 1. The largest absolute Gasteiger partial charge is 0.447 e. The summed E-state index contributed by atoms with van der Waals surface area (Å²) in [5.74, 6) is 0.364. The van der Waals surface area contributed by atoms with Gasteiger partial charge in [-0.15, -0.1) is 0 Å². The molecular weight excluding hydrogens is 334 g/mol. The highest BCUT2D eigenvalue weighted by Gasteiger charge is 2.36. The summed E-state index contributed by atoms with van der Waals surface area (Å²) in [4.78, 5) is 27.1. The molecule has 2 heterocycles. The van der Waals surface area contributed by atoms with Gasteiger partial charge >= 0.3 is 12.2 Å². The molecule has 0 aromatic heterocycles. The van der Waals surface area contributed by atoms with Crippen molar-refractivity contribution < 1.29 is 19.1 Å². The number of benzene rings is 1. The highest BCUT2D eigenvalue weighted by Crippen LogP contribution is 2.27. The minimum absolute atomic E-state index is 0.203. The molecule has 26 heavy (non-hydrogen) atoms. The first-order valence-electron chi connectivity index (χ1n) is 9.02. The van der Waals surface area contributed by atoms with Crippen LogP contribution in [-0.4, -0.2) is 55.0 Å². The molecule has 3 rings (SSSR count). The molecule has 1 N–H and O–H groups in total. The van der Waals surface area contributed by atoms with E-state index in [-0.39, 0.29) is 18.2 Å². The highest BCUT2D eigenvalue weighted by molar-refractivity contribution is 5.89. The Morgan fingerprint density at radius 3 is 2.69 bits per heavy atom. The Hall–Kier alpha value is -2.44. The molecule has 0 radical (unpaired) electrons. The Bertz CT molecular complexity index is 680. The molecule has 2 aliphatic heterocycles. The molecule has 0 spiro atoms. The summed E-state index contributed by atoms with van der Waals surface area (Å²) in [7, 11) is 0. The number of likely N-dealkylation sites (tertiary alicyclic amines) is 1. The van der Waals surface area contributed by atoms with Gasteiger partial charge in [-0.1, -0.05) is 6.07 Å². The highest BCUT2D eigenvalue weighted by atomic mass is 16.6. The first-order chi connectivity index (χ1) is 12.2. The van der Waals surface area contributed by atoms with Gasteiger partial charge in [-0.05, 0) is 45.9 Å². The molecule has 0 bridgehead atoms. The fourth-order valence-corrected chi connectivity index (χ4v) is 3.08. The zero-order chi connectivity index (χ0) is 18.9. The molecule has 0 aliphatic carbocycles. The van der Waals surface area contributed by atoms with Crippen molar-refractivity contribution in [3.05, 3.63) is 24.3 Å². The zero-order valence-corrected chi connectivity index (χ0v) is 15.8. The molecule has 142 valence electrons. The van der Waals surface area contributed by atoms with Gasteiger partial charge in [0.1, 0.15) is 12.2 Å². The molecule has 1 atom stereocenters. The number of ether oxygens (including phenoxy) is 2. The number of amides is 2. The van der Waals surface area contributed by atoms with Crippen molar-refractivity contribution in [2.45, 2.75) is 39.3 Å². The van der Waals surface area contributed by atoms with Crippen LogP contribution in [0.25, 0.3) is 0 Å². The van der Waals surface area contributed by atoms with Crippen molar-refractivity contribution in [1.29, 1.82) is 0 Å². The van der Waals surface area contributed by atoms with Gasteiger partial charge in [0.05, 0.1) is 6.54 Å². The predicted octanol–water partition coefficient (Wildman–Crippen LogP) is 3.31. The number of rotatable bonds is 4. The molecule has 0 unspecified atom stereocenters. The minimum Gasteiger partial charge on any atom is -0.447 e. The number of hydrogen-bond donors (Lipinski definition) is 1. The quantitative estimate of drug-likeness (QED) is 0.891. The van der Waals surface area contributed by atoms with Crippen LogP contribution in [0.3, 0.4) is 0 Å². The van der Waals surface area contributed by atoms with E-state index in [4.69, 9.17) is 9.47 Å². The van der Waals surface area contributed by atoms with Crippen molar-refractivity contribution in [3.8, 4) is 0 Å². The zero-order valence-electron chi connectivity index (χ0n) is 15.8. The van der Waals surface area contributed by atoms with Crippen LogP contribution >= 0.6 is 0 Å². The lowest BCUT2D eigenvalue weighted by atomic mass is 9.93. The normalized spacial score (nSPS) is 19.0. The molecule has 7 nitrogen and oxygen atoms in total. The summed E-state index contributed by atoms with van der Waals surface area (Å²) < 4.78 is 10.4. The molecule has 2 saturated heterocycles. The lowest BCUT2D eigenvalue weighted by Gasteiger charge is -2.43. The standard InChI is InChI=1S/C19H27N3O4/c1-13(14-11-21(12-14)17(23)26-19(2,3)4)20-15-6-5-7-16(10-15)22-8-9-25-18(22)24/h5-7,10,13-14,20H,8-9,11-12H2,1-4H3/t13-/m1/s1. The first kappa shape index (κ1) is 18.4. The molecular formula is C19H27N3O4. The number of carbonyl (C=O) groups excluding carboxylic acids is 2. The lowest BCUT2D eigenvalue weighted by Crippen LogP contribution is -2.56. The second-order valence-electron chi connectivity index (χ2n) is 7.89. The maximum atomic E-state index is 12.0. The number of carbonyl (C=O) groups is 2. The third-order valence-corrected chi connectivity index (χ3v) is 4.58. The van der Waals surface area contributed by atoms with Crippen LogP contribution in [0.2, 0.25) is 0 Å². The Kier molecular flexibility index (Phi) is 4.98. The Morgan fingerprint density at radius 2 is 2.08 bits per heavy atom. The lowest BCUT2D eigenvalue weighted by molar-refractivity contribution is -0.00280. The SMILES string of the molecule is C[C@@H](Nc1cccc(N2CCOC2=O)c1)C1CN(C(=O)OC(C)(C)C)C1. The van der Waals surface area contributed by atoms with Crippen LogP contribution in [0.15, 0.2) is 24.3 Å². The molecule has 7 heteroatoms. The van der Waals surface area contributed by atoms with Gasteiger partial charge in [0.25, 0.3) is 0 Å². The van der Waals surface area contributed by atoms with E-state index in [2.05, 4.69) is 12.2 Å². The van der Waals surface area contributed by atoms with Crippen molar-refractivity contribution in [2.24, 2.45) is 5.92 Å². The number of nitrogens with one attached hydrogen (secondary N) is 1. The van der Waals surface area contributed by atoms with Gasteiger partial charge in [-0.3, -0.25) is 4.90 Å². The third-order valence-electron chi connectivity index (χ3n) is 4.58. The molecule has 0 saturated carbocycles. The minimum atomic E-state index is -0.469. The first-order valence-corrected chi connectivity index (χ1v) is 9.02. The average Bonchev–Trinajstić information content (AvgIpc) is 2.90. The number of hydrogen-bond acceptors (Lipinski definition) is 5. The summed E-state index contributed by atoms with van der Waals surface area (Å²) in [6.45, 7) is 10.1. The van der Waals surface area contributed by atoms with E-state index < -0.39 is 5.60 Å². The summed E-state index contributed by atoms with van der Waals surface area (Å²) >= 11 is 0. The van der Waals surface area contributed by atoms with Gasteiger partial charge in [0, 0.05) is 36.4 Å². The summed E-state index contributed by atoms with van der Waals surface area (Å²) in [6.07, 6.45) is -0.558. The Morgan fingerprint density at radius 1 is 1.35 bits per heavy atom. The van der Waals surface area contributed by atoms with E-state index in [1.54, 1.807) is 9.80 Å². The van der Waals surface area contributed by atoms with Gasteiger partial charge in [-0.25, -0.2) is 9.59 Å². The smallest absolute Gasteiger partial charge is 0.414 e. The number of nitrogens with zero attached hydrogens (tertiary/aromatic N) is 2. The van der Waals surface area contributed by atoms with Gasteiger partial charge < -0.3 is 19.7 Å². The van der Waals surface area contributed by atoms with Gasteiger partial charge in [-0.2, -0.15) is 0 Å². The van der Waals surface area contributed by atoms with Crippen LogP contribution in [-0.2, 0) is 9.47 Å².